The second-order valence-electron chi connectivity index (χ2n) is 8.93. The molecule has 0 aliphatic heterocycles. The van der Waals surface area contributed by atoms with E-state index in [1.165, 1.54) is 24.3 Å². The van der Waals surface area contributed by atoms with Crippen LogP contribution in [0.15, 0.2) is 59.5 Å². The molecule has 2 heterocycles. The minimum absolute atomic E-state index is 0.0993. The number of rotatable bonds is 7. The Morgan fingerprint density at radius 1 is 1.03 bits per heavy atom. The van der Waals surface area contributed by atoms with Crippen LogP contribution in [0.5, 0.6) is 11.6 Å². The highest BCUT2D eigenvalue weighted by atomic mass is 32.2. The maximum atomic E-state index is 13.9. The maximum Gasteiger partial charge on any atom is 0.247 e. The molecule has 1 unspecified atom stereocenters. The molecule has 0 amide bonds. The van der Waals surface area contributed by atoms with Crippen molar-refractivity contribution < 1.29 is 17.5 Å². The molecule has 5 rings (SSSR count). The van der Waals surface area contributed by atoms with Crippen molar-refractivity contribution >= 4 is 20.9 Å². The molecule has 2 aromatic carbocycles. The highest BCUT2D eigenvalue weighted by Gasteiger charge is 2.34. The summed E-state index contributed by atoms with van der Waals surface area (Å²) < 4.78 is 49.3. The van der Waals surface area contributed by atoms with E-state index in [-0.39, 0.29) is 4.90 Å². The molecule has 8 heteroatoms. The van der Waals surface area contributed by atoms with E-state index in [0.29, 0.717) is 35.8 Å². The van der Waals surface area contributed by atoms with Gasteiger partial charge in [0.2, 0.25) is 5.88 Å². The summed E-state index contributed by atoms with van der Waals surface area (Å²) in [4.78, 5) is 9.73. The normalized spacial score (nSPS) is 14.6. The third-order valence-corrected chi connectivity index (χ3v) is 8.62. The number of hydrogen-bond acceptors (Lipinski definition) is 5. The third kappa shape index (κ3) is 4.31. The van der Waals surface area contributed by atoms with Gasteiger partial charge in [-0.2, -0.15) is 0 Å². The SMILES string of the molecule is CCCC(n1c(C)nc2c(Oc3ccccc3)nc3c(c21)CCCC3)S(=O)(=O)c1ccc(F)cc1. The molecular weight excluding hydrogens is 465 g/mol. The number of benzene rings is 2. The van der Waals surface area contributed by atoms with Crippen LogP contribution in [0.3, 0.4) is 0 Å². The molecular formula is C27H28FN3O3S. The fourth-order valence-corrected chi connectivity index (χ4v) is 6.81. The van der Waals surface area contributed by atoms with E-state index in [1.54, 1.807) is 0 Å². The number of para-hydroxylation sites is 1. The van der Waals surface area contributed by atoms with Gasteiger partial charge in [-0.05, 0) is 81.0 Å². The van der Waals surface area contributed by atoms with E-state index in [9.17, 15) is 12.8 Å². The summed E-state index contributed by atoms with van der Waals surface area (Å²) in [6.07, 6.45) is 4.71. The Labute approximate surface area is 204 Å². The quantitative estimate of drug-likeness (QED) is 0.282. The first kappa shape index (κ1) is 23.5. The molecule has 182 valence electrons. The van der Waals surface area contributed by atoms with Gasteiger partial charge in [0.15, 0.2) is 15.4 Å². The highest BCUT2D eigenvalue weighted by molar-refractivity contribution is 7.91. The zero-order valence-corrected chi connectivity index (χ0v) is 20.7. The molecule has 4 aromatic rings. The third-order valence-electron chi connectivity index (χ3n) is 6.53. The Kier molecular flexibility index (Phi) is 6.32. The lowest BCUT2D eigenvalue weighted by Crippen LogP contribution is -2.22. The Morgan fingerprint density at radius 2 is 1.74 bits per heavy atom. The lowest BCUT2D eigenvalue weighted by atomic mass is 9.95. The van der Waals surface area contributed by atoms with Crippen molar-refractivity contribution in [3.05, 3.63) is 77.5 Å². The predicted octanol–water partition coefficient (Wildman–Crippen LogP) is 6.32. The van der Waals surface area contributed by atoms with E-state index >= 15 is 0 Å². The first-order chi connectivity index (χ1) is 16.9. The molecule has 0 saturated carbocycles. The number of fused-ring (bicyclic) bond motifs is 3. The van der Waals surface area contributed by atoms with Crippen LogP contribution in [0, 0.1) is 12.7 Å². The number of aryl methyl sites for hydroxylation is 3. The molecule has 2 aromatic heterocycles. The number of halogens is 1. The van der Waals surface area contributed by atoms with Gasteiger partial charge in [-0.1, -0.05) is 31.5 Å². The van der Waals surface area contributed by atoms with Gasteiger partial charge in [0.1, 0.15) is 22.8 Å². The summed E-state index contributed by atoms with van der Waals surface area (Å²) in [6.45, 7) is 3.78. The Morgan fingerprint density at radius 3 is 2.46 bits per heavy atom. The number of sulfone groups is 1. The highest BCUT2D eigenvalue weighted by Crippen LogP contribution is 2.40. The fourth-order valence-electron chi connectivity index (χ4n) is 4.90. The van der Waals surface area contributed by atoms with E-state index in [4.69, 9.17) is 14.7 Å². The van der Waals surface area contributed by atoms with Crippen LogP contribution in [-0.4, -0.2) is 23.0 Å². The minimum atomic E-state index is -3.82. The Hall–Kier alpha value is -3.26. The van der Waals surface area contributed by atoms with Crippen LogP contribution in [0.2, 0.25) is 0 Å². The molecule has 1 atom stereocenters. The van der Waals surface area contributed by atoms with E-state index in [0.717, 1.165) is 42.5 Å². The molecule has 0 saturated heterocycles. The van der Waals surface area contributed by atoms with Gasteiger partial charge in [0.25, 0.3) is 0 Å². The molecule has 1 aliphatic carbocycles. The van der Waals surface area contributed by atoms with Gasteiger partial charge in [0.05, 0.1) is 10.4 Å². The summed E-state index contributed by atoms with van der Waals surface area (Å²) >= 11 is 0. The van der Waals surface area contributed by atoms with Gasteiger partial charge in [-0.25, -0.2) is 22.8 Å². The lowest BCUT2D eigenvalue weighted by Gasteiger charge is -2.24. The summed E-state index contributed by atoms with van der Waals surface area (Å²) in [5.74, 6) is 1.15. The molecule has 6 nitrogen and oxygen atoms in total. The van der Waals surface area contributed by atoms with Crippen molar-refractivity contribution in [1.29, 1.82) is 0 Å². The average Bonchev–Trinajstić information content (AvgIpc) is 3.20. The molecule has 0 radical (unpaired) electrons. The second-order valence-corrected chi connectivity index (χ2v) is 11.0. The molecule has 0 fully saturated rings. The van der Waals surface area contributed by atoms with Crippen molar-refractivity contribution in [2.45, 2.75) is 62.6 Å². The number of imidazole rings is 1. The summed E-state index contributed by atoms with van der Waals surface area (Å²) in [6, 6.07) is 14.5. The average molecular weight is 494 g/mol. The van der Waals surface area contributed by atoms with Gasteiger partial charge in [0, 0.05) is 5.69 Å². The number of nitrogens with zero attached hydrogens (tertiary/aromatic N) is 3. The molecule has 1 aliphatic rings. The zero-order chi connectivity index (χ0) is 24.6. The molecule has 0 spiro atoms. The first-order valence-corrected chi connectivity index (χ1v) is 13.6. The molecule has 0 N–H and O–H groups in total. The number of aromatic nitrogens is 3. The van der Waals surface area contributed by atoms with Gasteiger partial charge < -0.3 is 9.30 Å². The zero-order valence-electron chi connectivity index (χ0n) is 19.9. The monoisotopic (exact) mass is 493 g/mol. The van der Waals surface area contributed by atoms with Crippen LogP contribution in [0.1, 0.15) is 55.1 Å². The van der Waals surface area contributed by atoms with Crippen LogP contribution < -0.4 is 4.74 Å². The van der Waals surface area contributed by atoms with E-state index < -0.39 is 21.0 Å². The predicted molar refractivity (Wildman–Crippen MR) is 133 cm³/mol. The standard InChI is InChI=1S/C27H28FN3O3S/c1-3-9-24(35(32,33)21-16-14-19(28)15-17-21)31-18(2)29-25-26(31)22-12-7-8-13-23(22)30-27(25)34-20-10-5-4-6-11-20/h4-6,10-11,14-17,24H,3,7-9,12-13H2,1-2H3. The summed E-state index contributed by atoms with van der Waals surface area (Å²) in [7, 11) is -3.82. The number of pyridine rings is 1. The Balaban J connectivity index is 1.74. The Bertz CT molecular complexity index is 1470. The smallest absolute Gasteiger partial charge is 0.247 e. The molecule has 35 heavy (non-hydrogen) atoms. The lowest BCUT2D eigenvalue weighted by molar-refractivity contribution is 0.463. The van der Waals surface area contributed by atoms with Crippen molar-refractivity contribution in [3.8, 4) is 11.6 Å². The van der Waals surface area contributed by atoms with Crippen LogP contribution in [0.25, 0.3) is 11.0 Å². The van der Waals surface area contributed by atoms with Gasteiger partial charge in [-0.3, -0.25) is 0 Å². The van der Waals surface area contributed by atoms with Crippen LogP contribution >= 0.6 is 0 Å². The topological polar surface area (TPSA) is 74.1 Å². The fraction of sp³-hybridized carbons (Fsp3) is 0.333. The van der Waals surface area contributed by atoms with Crippen LogP contribution in [-0.2, 0) is 22.7 Å². The second kappa shape index (κ2) is 9.41. The minimum Gasteiger partial charge on any atom is -0.437 e. The van der Waals surface area contributed by atoms with Gasteiger partial charge in [-0.15, -0.1) is 0 Å². The summed E-state index contributed by atoms with van der Waals surface area (Å²) in [5.41, 5.74) is 3.33. The largest absolute Gasteiger partial charge is 0.437 e. The molecule has 0 bridgehead atoms. The summed E-state index contributed by atoms with van der Waals surface area (Å²) in [5, 5.41) is -0.874. The number of ether oxygens (including phenoxy) is 1. The number of hydrogen-bond donors (Lipinski definition) is 0. The van der Waals surface area contributed by atoms with E-state index in [2.05, 4.69) is 0 Å². The van der Waals surface area contributed by atoms with Crippen molar-refractivity contribution in [1.82, 2.24) is 14.5 Å². The van der Waals surface area contributed by atoms with Gasteiger partial charge >= 0.3 is 0 Å². The van der Waals surface area contributed by atoms with Crippen molar-refractivity contribution in [2.75, 3.05) is 0 Å². The van der Waals surface area contributed by atoms with E-state index in [1.807, 2.05) is 48.7 Å². The maximum absolute atomic E-state index is 13.9. The van der Waals surface area contributed by atoms with Crippen molar-refractivity contribution in [3.63, 3.8) is 0 Å². The first-order valence-electron chi connectivity index (χ1n) is 12.0. The van der Waals surface area contributed by atoms with Crippen molar-refractivity contribution in [2.24, 2.45) is 0 Å². The van der Waals surface area contributed by atoms with Crippen LogP contribution in [0.4, 0.5) is 4.39 Å².